The van der Waals surface area contributed by atoms with Gasteiger partial charge in [0.25, 0.3) is 0 Å². The number of benzene rings is 1. The number of carbonyl (C=O) groups excluding carboxylic acids is 1. The average molecular weight is 277 g/mol. The number of carboxylic acids is 1. The van der Waals surface area contributed by atoms with Crippen LogP contribution in [-0.2, 0) is 9.59 Å². The van der Waals surface area contributed by atoms with Crippen LogP contribution in [0.15, 0.2) is 18.2 Å². The van der Waals surface area contributed by atoms with Crippen molar-refractivity contribution in [2.24, 2.45) is 0 Å². The summed E-state index contributed by atoms with van der Waals surface area (Å²) in [4.78, 5) is 21.6. The van der Waals surface area contributed by atoms with Crippen LogP contribution >= 0.6 is 23.2 Å². The zero-order valence-corrected chi connectivity index (χ0v) is 10.2. The Morgan fingerprint density at radius 3 is 2.29 bits per heavy atom. The van der Waals surface area contributed by atoms with Gasteiger partial charge < -0.3 is 10.4 Å². The van der Waals surface area contributed by atoms with Crippen LogP contribution in [0.2, 0.25) is 10.0 Å². The lowest BCUT2D eigenvalue weighted by molar-refractivity contribution is -0.135. The summed E-state index contributed by atoms with van der Waals surface area (Å²) >= 11 is 11.7. The number of halogens is 2. The lowest BCUT2D eigenvalue weighted by Crippen LogP contribution is -2.31. The Bertz CT molecular complexity index is 417. The highest BCUT2D eigenvalue weighted by Gasteiger charge is 2.09. The van der Waals surface area contributed by atoms with E-state index in [1.165, 1.54) is 0 Å². The monoisotopic (exact) mass is 276 g/mol. The van der Waals surface area contributed by atoms with Gasteiger partial charge in [0.15, 0.2) is 0 Å². The van der Waals surface area contributed by atoms with Crippen molar-refractivity contribution in [2.45, 2.75) is 0 Å². The Labute approximate surface area is 108 Å². The van der Waals surface area contributed by atoms with E-state index >= 15 is 0 Å². The molecule has 0 spiro atoms. The third kappa shape index (κ3) is 4.60. The molecule has 0 fully saturated rings. The van der Waals surface area contributed by atoms with Crippen molar-refractivity contribution in [1.29, 1.82) is 0 Å². The summed E-state index contributed by atoms with van der Waals surface area (Å²) in [6.45, 7) is -0.419. The van der Waals surface area contributed by atoms with Gasteiger partial charge in [-0.25, -0.2) is 0 Å². The molecular formula is C10H10Cl2N2O3. The Morgan fingerprint density at radius 2 is 1.76 bits per heavy atom. The highest BCUT2D eigenvalue weighted by atomic mass is 35.5. The molecule has 0 saturated carbocycles. The largest absolute Gasteiger partial charge is 0.480 e. The van der Waals surface area contributed by atoms with Crippen molar-refractivity contribution in [3.05, 3.63) is 28.2 Å². The van der Waals surface area contributed by atoms with E-state index in [2.05, 4.69) is 10.6 Å². The van der Waals surface area contributed by atoms with Gasteiger partial charge in [0.05, 0.1) is 28.8 Å². The fourth-order valence-corrected chi connectivity index (χ4v) is 1.58. The molecule has 92 valence electrons. The lowest BCUT2D eigenvalue weighted by Gasteiger charge is -2.08. The smallest absolute Gasteiger partial charge is 0.317 e. The number of nitrogens with one attached hydrogen (secondary N) is 2. The lowest BCUT2D eigenvalue weighted by atomic mass is 10.3. The topological polar surface area (TPSA) is 78.4 Å². The van der Waals surface area contributed by atoms with Crippen molar-refractivity contribution in [2.75, 3.05) is 18.4 Å². The molecule has 0 radical (unpaired) electrons. The number of carbonyl (C=O) groups is 2. The first-order chi connectivity index (χ1) is 8.00. The van der Waals surface area contributed by atoms with E-state index in [1.54, 1.807) is 18.2 Å². The molecule has 5 nitrogen and oxygen atoms in total. The molecule has 1 aromatic carbocycles. The van der Waals surface area contributed by atoms with Crippen molar-refractivity contribution >= 4 is 40.8 Å². The van der Waals surface area contributed by atoms with Gasteiger partial charge in [0, 0.05) is 0 Å². The van der Waals surface area contributed by atoms with Crippen LogP contribution in [0.25, 0.3) is 0 Å². The molecule has 0 unspecified atom stereocenters. The van der Waals surface area contributed by atoms with Crippen molar-refractivity contribution in [1.82, 2.24) is 5.32 Å². The van der Waals surface area contributed by atoms with Gasteiger partial charge in [-0.3, -0.25) is 14.9 Å². The van der Waals surface area contributed by atoms with Crippen LogP contribution in [0, 0.1) is 0 Å². The van der Waals surface area contributed by atoms with E-state index < -0.39 is 11.9 Å². The second-order valence-electron chi connectivity index (χ2n) is 3.14. The number of para-hydroxylation sites is 1. The van der Waals surface area contributed by atoms with Gasteiger partial charge in [-0.1, -0.05) is 29.3 Å². The van der Waals surface area contributed by atoms with Gasteiger partial charge in [0.2, 0.25) is 5.91 Å². The Morgan fingerprint density at radius 1 is 1.18 bits per heavy atom. The van der Waals surface area contributed by atoms with Crippen molar-refractivity contribution < 1.29 is 14.7 Å². The van der Waals surface area contributed by atoms with E-state index in [0.717, 1.165) is 0 Å². The molecule has 0 bridgehead atoms. The summed E-state index contributed by atoms with van der Waals surface area (Å²) in [5.41, 5.74) is 0.318. The van der Waals surface area contributed by atoms with Crippen LogP contribution in [0.1, 0.15) is 0 Å². The minimum atomic E-state index is -1.03. The number of hydrogen-bond donors (Lipinski definition) is 3. The molecule has 1 amide bonds. The summed E-state index contributed by atoms with van der Waals surface area (Å²) in [5, 5.41) is 14.0. The molecule has 0 atom stereocenters. The van der Waals surface area contributed by atoms with Gasteiger partial charge in [0.1, 0.15) is 0 Å². The van der Waals surface area contributed by atoms with E-state index in [9.17, 15) is 9.59 Å². The maximum atomic E-state index is 11.4. The predicted octanol–water partition coefficient (Wildman–Crippen LogP) is 1.61. The Balaban J connectivity index is 2.53. The van der Waals surface area contributed by atoms with Crippen LogP contribution in [-0.4, -0.2) is 30.1 Å². The molecule has 7 heteroatoms. The molecule has 0 heterocycles. The van der Waals surface area contributed by atoms with Crippen LogP contribution < -0.4 is 10.6 Å². The summed E-state index contributed by atoms with van der Waals surface area (Å²) in [6, 6.07) is 4.84. The summed E-state index contributed by atoms with van der Waals surface area (Å²) in [7, 11) is 0. The van der Waals surface area contributed by atoms with E-state index in [0.29, 0.717) is 15.7 Å². The molecule has 0 aliphatic carbocycles. The molecule has 0 saturated heterocycles. The summed E-state index contributed by atoms with van der Waals surface area (Å²) in [5.74, 6) is -1.45. The minimum absolute atomic E-state index is 0.131. The molecule has 0 aromatic heterocycles. The number of carboxylic acid groups (broad SMARTS) is 1. The predicted molar refractivity (Wildman–Crippen MR) is 65.6 cm³/mol. The van der Waals surface area contributed by atoms with Gasteiger partial charge in [-0.2, -0.15) is 0 Å². The molecular weight excluding hydrogens is 267 g/mol. The van der Waals surface area contributed by atoms with Crippen LogP contribution in [0.5, 0.6) is 0 Å². The zero-order chi connectivity index (χ0) is 12.8. The number of aliphatic carboxylic acids is 1. The van der Waals surface area contributed by atoms with E-state index in [1.807, 2.05) is 0 Å². The number of amides is 1. The molecule has 0 aliphatic rings. The maximum absolute atomic E-state index is 11.4. The second kappa shape index (κ2) is 6.44. The molecule has 17 heavy (non-hydrogen) atoms. The first-order valence-corrected chi connectivity index (χ1v) is 5.42. The fourth-order valence-electron chi connectivity index (χ4n) is 1.08. The Kier molecular flexibility index (Phi) is 5.21. The first-order valence-electron chi connectivity index (χ1n) is 4.67. The third-order valence-corrected chi connectivity index (χ3v) is 2.42. The van der Waals surface area contributed by atoms with Crippen LogP contribution in [0.4, 0.5) is 5.69 Å². The highest BCUT2D eigenvalue weighted by molar-refractivity contribution is 6.39. The van der Waals surface area contributed by atoms with Crippen molar-refractivity contribution in [3.63, 3.8) is 0 Å². The minimum Gasteiger partial charge on any atom is -0.480 e. The van der Waals surface area contributed by atoms with E-state index in [-0.39, 0.29) is 13.1 Å². The summed E-state index contributed by atoms with van der Waals surface area (Å²) in [6.07, 6.45) is 0. The van der Waals surface area contributed by atoms with Gasteiger partial charge in [-0.15, -0.1) is 0 Å². The molecule has 3 N–H and O–H groups in total. The zero-order valence-electron chi connectivity index (χ0n) is 8.67. The standard InChI is InChI=1S/C10H10Cl2N2O3/c11-6-2-1-3-7(12)10(6)14-8(15)4-13-5-9(16)17/h1-3,13H,4-5H2,(H,14,15)(H,16,17). The quantitative estimate of drug-likeness (QED) is 0.764. The molecule has 1 aromatic rings. The number of hydrogen-bond acceptors (Lipinski definition) is 3. The van der Waals surface area contributed by atoms with Gasteiger partial charge in [-0.05, 0) is 12.1 Å². The maximum Gasteiger partial charge on any atom is 0.317 e. The highest BCUT2D eigenvalue weighted by Crippen LogP contribution is 2.29. The fraction of sp³-hybridized carbons (Fsp3) is 0.200. The third-order valence-electron chi connectivity index (χ3n) is 1.79. The normalized spacial score (nSPS) is 10.0. The second-order valence-corrected chi connectivity index (χ2v) is 3.96. The number of rotatable bonds is 5. The summed E-state index contributed by atoms with van der Waals surface area (Å²) < 4.78 is 0. The van der Waals surface area contributed by atoms with Gasteiger partial charge >= 0.3 is 5.97 Å². The Hall–Kier alpha value is -1.30. The van der Waals surface area contributed by atoms with Crippen molar-refractivity contribution in [3.8, 4) is 0 Å². The van der Waals surface area contributed by atoms with Crippen LogP contribution in [0.3, 0.4) is 0 Å². The average Bonchev–Trinajstić information content (AvgIpc) is 2.23. The molecule has 1 rings (SSSR count). The van der Waals surface area contributed by atoms with E-state index in [4.69, 9.17) is 28.3 Å². The SMILES string of the molecule is O=C(O)CNCC(=O)Nc1c(Cl)cccc1Cl. The molecule has 0 aliphatic heterocycles. The number of anilines is 1. The first kappa shape index (κ1) is 13.8.